The van der Waals surface area contributed by atoms with Gasteiger partial charge in [-0.25, -0.2) is 4.98 Å². The summed E-state index contributed by atoms with van der Waals surface area (Å²) >= 11 is 0. The fourth-order valence-corrected chi connectivity index (χ4v) is 2.09. The summed E-state index contributed by atoms with van der Waals surface area (Å²) in [6.07, 6.45) is 1.12. The molecule has 1 aromatic heterocycles. The number of rotatable bonds is 2. The molecule has 1 N–H and O–H groups in total. The molecule has 4 nitrogen and oxygen atoms in total. The highest BCUT2D eigenvalue weighted by atomic mass is 16.4. The van der Waals surface area contributed by atoms with Crippen molar-refractivity contribution in [3.63, 3.8) is 0 Å². The van der Waals surface area contributed by atoms with E-state index in [9.17, 15) is 4.79 Å². The number of aromatic nitrogens is 2. The minimum atomic E-state index is -0.734. The van der Waals surface area contributed by atoms with Crippen LogP contribution >= 0.6 is 0 Å². The van der Waals surface area contributed by atoms with Gasteiger partial charge in [-0.15, -0.1) is 0 Å². The van der Waals surface area contributed by atoms with Crippen molar-refractivity contribution in [3.05, 3.63) is 17.2 Å². The van der Waals surface area contributed by atoms with Crippen molar-refractivity contribution in [3.8, 4) is 0 Å². The first-order valence-electron chi connectivity index (χ1n) is 4.85. The lowest BCUT2D eigenvalue weighted by atomic mass is 10.0. The van der Waals surface area contributed by atoms with E-state index in [0.717, 1.165) is 24.5 Å². The molecule has 1 atom stereocenters. The Morgan fingerprint density at radius 2 is 2.36 bits per heavy atom. The van der Waals surface area contributed by atoms with Crippen LogP contribution in [0.5, 0.6) is 0 Å². The smallest absolute Gasteiger partial charge is 0.304 e. The number of fused-ring (bicyclic) bond motifs is 1. The summed E-state index contributed by atoms with van der Waals surface area (Å²) in [5, 5.41) is 8.74. The number of nitrogens with zero attached hydrogens (tertiary/aromatic N) is 2. The Kier molecular flexibility index (Phi) is 2.06. The summed E-state index contributed by atoms with van der Waals surface area (Å²) in [6, 6.07) is 0. The number of carbonyl (C=O) groups is 1. The number of hydrogen-bond donors (Lipinski definition) is 1. The summed E-state index contributed by atoms with van der Waals surface area (Å²) in [7, 11) is 0. The fourth-order valence-electron chi connectivity index (χ4n) is 2.09. The monoisotopic (exact) mass is 194 g/mol. The van der Waals surface area contributed by atoms with E-state index in [-0.39, 0.29) is 12.3 Å². The largest absolute Gasteiger partial charge is 0.481 e. The van der Waals surface area contributed by atoms with Gasteiger partial charge in [-0.2, -0.15) is 0 Å². The molecule has 14 heavy (non-hydrogen) atoms. The van der Waals surface area contributed by atoms with Crippen molar-refractivity contribution in [2.24, 2.45) is 0 Å². The molecular weight excluding hydrogens is 180 g/mol. The molecule has 0 amide bonds. The van der Waals surface area contributed by atoms with Crippen molar-refractivity contribution in [2.75, 3.05) is 0 Å². The van der Waals surface area contributed by atoms with Crippen molar-refractivity contribution in [2.45, 2.75) is 39.2 Å². The zero-order valence-corrected chi connectivity index (χ0v) is 8.45. The van der Waals surface area contributed by atoms with E-state index < -0.39 is 5.97 Å². The summed E-state index contributed by atoms with van der Waals surface area (Å²) in [5.41, 5.74) is 2.20. The molecule has 0 aliphatic carbocycles. The fraction of sp³-hybridized carbons (Fsp3) is 0.600. The van der Waals surface area contributed by atoms with Crippen LogP contribution in [-0.2, 0) is 11.3 Å². The number of aliphatic carboxylic acids is 1. The highest BCUT2D eigenvalue weighted by molar-refractivity contribution is 5.67. The first kappa shape index (κ1) is 9.24. The van der Waals surface area contributed by atoms with Crippen molar-refractivity contribution in [1.82, 2.24) is 9.55 Å². The lowest BCUT2D eigenvalue weighted by molar-refractivity contribution is -0.137. The molecular formula is C10H14N2O2. The van der Waals surface area contributed by atoms with Crippen LogP contribution in [0.25, 0.3) is 0 Å². The first-order chi connectivity index (χ1) is 6.59. The second kappa shape index (κ2) is 3.12. The first-order valence-corrected chi connectivity index (χ1v) is 4.85. The molecule has 0 bridgehead atoms. The third-order valence-corrected chi connectivity index (χ3v) is 2.97. The van der Waals surface area contributed by atoms with E-state index in [1.165, 1.54) is 5.69 Å². The molecule has 1 unspecified atom stereocenters. The van der Waals surface area contributed by atoms with Crippen LogP contribution in [0.3, 0.4) is 0 Å². The minimum absolute atomic E-state index is 0.111. The highest BCUT2D eigenvalue weighted by Gasteiger charge is 2.28. The number of carboxylic acid groups (broad SMARTS) is 1. The molecule has 0 saturated heterocycles. The number of carboxylic acids is 1. The standard InChI is InChI=1S/C10H14N2O2/c1-6-7(2)12-4-3-8(5-9(13)14)10(12)11-6/h8H,3-5H2,1-2H3,(H,13,14). The van der Waals surface area contributed by atoms with Gasteiger partial charge in [-0.05, 0) is 20.3 Å². The van der Waals surface area contributed by atoms with Gasteiger partial charge in [0.15, 0.2) is 0 Å². The summed E-state index contributed by atoms with van der Waals surface area (Å²) in [6.45, 7) is 4.92. The molecule has 1 aliphatic rings. The molecule has 0 spiro atoms. The molecule has 76 valence electrons. The van der Waals surface area contributed by atoms with Gasteiger partial charge in [-0.1, -0.05) is 0 Å². The lowest BCUT2D eigenvalue weighted by Gasteiger charge is -2.02. The quantitative estimate of drug-likeness (QED) is 0.775. The average molecular weight is 194 g/mol. The van der Waals surface area contributed by atoms with E-state index >= 15 is 0 Å². The van der Waals surface area contributed by atoms with Gasteiger partial charge >= 0.3 is 5.97 Å². The molecule has 2 rings (SSSR count). The van der Waals surface area contributed by atoms with Crippen LogP contribution in [0.1, 0.15) is 36.0 Å². The molecule has 2 heterocycles. The summed E-state index contributed by atoms with van der Waals surface area (Å²) < 4.78 is 2.14. The Bertz CT molecular complexity index is 382. The van der Waals surface area contributed by atoms with Gasteiger partial charge in [0, 0.05) is 18.2 Å². The Morgan fingerprint density at radius 3 is 3.00 bits per heavy atom. The zero-order chi connectivity index (χ0) is 10.3. The predicted molar refractivity (Wildman–Crippen MR) is 51.3 cm³/mol. The molecule has 4 heteroatoms. The third-order valence-electron chi connectivity index (χ3n) is 2.97. The Hall–Kier alpha value is -1.32. The van der Waals surface area contributed by atoms with E-state index in [4.69, 9.17) is 5.11 Å². The van der Waals surface area contributed by atoms with E-state index in [2.05, 4.69) is 9.55 Å². The van der Waals surface area contributed by atoms with Crippen LogP contribution in [0.15, 0.2) is 0 Å². The maximum absolute atomic E-state index is 10.6. The molecule has 1 aliphatic heterocycles. The molecule has 0 aromatic carbocycles. The van der Waals surface area contributed by atoms with E-state index in [0.29, 0.717) is 0 Å². The molecule has 1 aromatic rings. The van der Waals surface area contributed by atoms with Crippen LogP contribution in [-0.4, -0.2) is 20.6 Å². The number of imidazole rings is 1. The summed E-state index contributed by atoms with van der Waals surface area (Å²) in [5.74, 6) is 0.337. The van der Waals surface area contributed by atoms with Crippen molar-refractivity contribution < 1.29 is 9.90 Å². The molecule has 0 saturated carbocycles. The predicted octanol–water partition coefficient (Wildman–Crippen LogP) is 1.46. The van der Waals surface area contributed by atoms with Gasteiger partial charge in [0.2, 0.25) is 0 Å². The summed E-state index contributed by atoms with van der Waals surface area (Å²) in [4.78, 5) is 15.0. The van der Waals surface area contributed by atoms with Crippen molar-refractivity contribution >= 4 is 5.97 Å². The normalized spacial score (nSPS) is 19.7. The zero-order valence-electron chi connectivity index (χ0n) is 8.45. The SMILES string of the molecule is Cc1nc2n(c1C)CCC2CC(=O)O. The van der Waals surface area contributed by atoms with Gasteiger partial charge in [0.1, 0.15) is 5.82 Å². The molecule has 0 fully saturated rings. The van der Waals surface area contributed by atoms with Gasteiger partial charge in [-0.3, -0.25) is 4.79 Å². The average Bonchev–Trinajstić information content (AvgIpc) is 2.57. The second-order valence-electron chi connectivity index (χ2n) is 3.88. The van der Waals surface area contributed by atoms with Gasteiger partial charge < -0.3 is 9.67 Å². The highest BCUT2D eigenvalue weighted by Crippen LogP contribution is 2.31. The Labute approximate surface area is 82.6 Å². The topological polar surface area (TPSA) is 55.1 Å². The second-order valence-corrected chi connectivity index (χ2v) is 3.88. The Balaban J connectivity index is 2.30. The maximum Gasteiger partial charge on any atom is 0.304 e. The molecule has 0 radical (unpaired) electrons. The van der Waals surface area contributed by atoms with E-state index in [1.54, 1.807) is 0 Å². The number of aryl methyl sites for hydroxylation is 1. The van der Waals surface area contributed by atoms with Crippen LogP contribution in [0, 0.1) is 13.8 Å². The minimum Gasteiger partial charge on any atom is -0.481 e. The third kappa shape index (κ3) is 1.31. The Morgan fingerprint density at radius 1 is 1.64 bits per heavy atom. The van der Waals surface area contributed by atoms with Crippen LogP contribution < -0.4 is 0 Å². The maximum atomic E-state index is 10.6. The van der Waals surface area contributed by atoms with Crippen LogP contribution in [0.2, 0.25) is 0 Å². The van der Waals surface area contributed by atoms with Crippen molar-refractivity contribution in [1.29, 1.82) is 0 Å². The van der Waals surface area contributed by atoms with Gasteiger partial charge in [0.25, 0.3) is 0 Å². The van der Waals surface area contributed by atoms with Gasteiger partial charge in [0.05, 0.1) is 12.1 Å². The van der Waals surface area contributed by atoms with E-state index in [1.807, 2.05) is 13.8 Å². The van der Waals surface area contributed by atoms with Crippen LogP contribution in [0.4, 0.5) is 0 Å². The number of hydrogen-bond acceptors (Lipinski definition) is 2. The lowest BCUT2D eigenvalue weighted by Crippen LogP contribution is -2.04.